The molecule has 1 aromatic heterocycles. The SMILES string of the molecule is CC(C)CC1C=Cc2ccc3cccnc3c2N1. The van der Waals surface area contributed by atoms with Crippen LogP contribution in [0.15, 0.2) is 36.5 Å². The summed E-state index contributed by atoms with van der Waals surface area (Å²) in [6.07, 6.45) is 7.49. The van der Waals surface area contributed by atoms with Crippen LogP contribution in [0.5, 0.6) is 0 Å². The first-order chi connectivity index (χ1) is 8.74. The molecule has 2 heteroatoms. The van der Waals surface area contributed by atoms with Gasteiger partial charge >= 0.3 is 0 Å². The van der Waals surface area contributed by atoms with Crippen LogP contribution in [0.25, 0.3) is 17.0 Å². The van der Waals surface area contributed by atoms with E-state index in [-0.39, 0.29) is 0 Å². The second-order valence-electron chi connectivity index (χ2n) is 5.34. The Bertz CT molecular complexity index is 599. The van der Waals surface area contributed by atoms with Gasteiger partial charge in [0, 0.05) is 17.6 Å². The summed E-state index contributed by atoms with van der Waals surface area (Å²) < 4.78 is 0. The largest absolute Gasteiger partial charge is 0.377 e. The smallest absolute Gasteiger partial charge is 0.0939 e. The number of aromatic nitrogens is 1. The zero-order chi connectivity index (χ0) is 12.5. The number of rotatable bonds is 2. The maximum atomic E-state index is 4.51. The van der Waals surface area contributed by atoms with Gasteiger partial charge in [0.15, 0.2) is 0 Å². The van der Waals surface area contributed by atoms with Gasteiger partial charge in [-0.15, -0.1) is 0 Å². The summed E-state index contributed by atoms with van der Waals surface area (Å²) >= 11 is 0. The Labute approximate surface area is 108 Å². The second-order valence-corrected chi connectivity index (χ2v) is 5.34. The maximum absolute atomic E-state index is 4.51. The summed E-state index contributed by atoms with van der Waals surface area (Å²) in [7, 11) is 0. The van der Waals surface area contributed by atoms with Crippen molar-refractivity contribution in [3.8, 4) is 0 Å². The molecule has 1 atom stereocenters. The molecule has 92 valence electrons. The van der Waals surface area contributed by atoms with Crippen molar-refractivity contribution in [2.75, 3.05) is 5.32 Å². The summed E-state index contributed by atoms with van der Waals surface area (Å²) in [5.74, 6) is 0.691. The van der Waals surface area contributed by atoms with Crippen LogP contribution in [0.2, 0.25) is 0 Å². The first-order valence-electron chi connectivity index (χ1n) is 6.56. The number of hydrogen-bond donors (Lipinski definition) is 1. The molecular weight excluding hydrogens is 220 g/mol. The van der Waals surface area contributed by atoms with Crippen LogP contribution in [0.1, 0.15) is 25.8 Å². The third-order valence-corrected chi connectivity index (χ3v) is 3.37. The van der Waals surface area contributed by atoms with Gasteiger partial charge in [-0.25, -0.2) is 0 Å². The van der Waals surface area contributed by atoms with Gasteiger partial charge in [-0.3, -0.25) is 4.98 Å². The average Bonchev–Trinajstić information content (AvgIpc) is 2.38. The van der Waals surface area contributed by atoms with Crippen LogP contribution in [0, 0.1) is 5.92 Å². The molecule has 0 fully saturated rings. The highest BCUT2D eigenvalue weighted by Gasteiger charge is 2.16. The Balaban J connectivity index is 2.04. The van der Waals surface area contributed by atoms with E-state index in [0.717, 1.165) is 11.9 Å². The predicted octanol–water partition coefficient (Wildman–Crippen LogP) is 4.09. The summed E-state index contributed by atoms with van der Waals surface area (Å²) in [4.78, 5) is 4.51. The van der Waals surface area contributed by atoms with Crippen LogP contribution >= 0.6 is 0 Å². The highest BCUT2D eigenvalue weighted by molar-refractivity contribution is 5.96. The Morgan fingerprint density at radius 2 is 2.17 bits per heavy atom. The lowest BCUT2D eigenvalue weighted by Gasteiger charge is -2.24. The molecule has 0 radical (unpaired) electrons. The van der Waals surface area contributed by atoms with Crippen molar-refractivity contribution in [2.24, 2.45) is 5.92 Å². The third-order valence-electron chi connectivity index (χ3n) is 3.37. The number of anilines is 1. The zero-order valence-corrected chi connectivity index (χ0v) is 10.9. The fourth-order valence-corrected chi connectivity index (χ4v) is 2.55. The van der Waals surface area contributed by atoms with Gasteiger partial charge in [0.2, 0.25) is 0 Å². The zero-order valence-electron chi connectivity index (χ0n) is 10.9. The lowest BCUT2D eigenvalue weighted by Crippen LogP contribution is -2.22. The van der Waals surface area contributed by atoms with Crippen LogP contribution in [0.3, 0.4) is 0 Å². The highest BCUT2D eigenvalue weighted by atomic mass is 14.9. The quantitative estimate of drug-likeness (QED) is 0.852. The maximum Gasteiger partial charge on any atom is 0.0939 e. The summed E-state index contributed by atoms with van der Waals surface area (Å²) in [5, 5.41) is 4.82. The van der Waals surface area contributed by atoms with Crippen molar-refractivity contribution in [1.82, 2.24) is 4.98 Å². The number of hydrogen-bond acceptors (Lipinski definition) is 2. The van der Waals surface area contributed by atoms with E-state index in [1.165, 1.54) is 16.6 Å². The van der Waals surface area contributed by atoms with E-state index >= 15 is 0 Å². The molecule has 2 aromatic rings. The molecule has 0 saturated carbocycles. The predicted molar refractivity (Wildman–Crippen MR) is 77.6 cm³/mol. The average molecular weight is 238 g/mol. The monoisotopic (exact) mass is 238 g/mol. The van der Waals surface area contributed by atoms with Crippen LogP contribution in [0.4, 0.5) is 5.69 Å². The molecule has 0 aliphatic carbocycles. The molecule has 1 unspecified atom stereocenters. The van der Waals surface area contributed by atoms with E-state index in [9.17, 15) is 0 Å². The molecule has 1 aliphatic heterocycles. The standard InChI is InChI=1S/C16H18N2/c1-11(2)10-14-8-7-13-6-5-12-4-3-9-17-15(12)16(13)18-14/h3-9,11,14,18H,10H2,1-2H3. The number of benzene rings is 1. The Morgan fingerprint density at radius 3 is 3.00 bits per heavy atom. The van der Waals surface area contributed by atoms with E-state index in [4.69, 9.17) is 0 Å². The van der Waals surface area contributed by atoms with Crippen molar-refractivity contribution >= 4 is 22.7 Å². The highest BCUT2D eigenvalue weighted by Crippen LogP contribution is 2.31. The molecule has 0 amide bonds. The molecule has 0 saturated heterocycles. The van der Waals surface area contributed by atoms with Crippen molar-refractivity contribution in [3.05, 3.63) is 42.1 Å². The van der Waals surface area contributed by atoms with Crippen molar-refractivity contribution in [3.63, 3.8) is 0 Å². The minimum absolute atomic E-state index is 0.421. The molecule has 1 aromatic carbocycles. The van der Waals surface area contributed by atoms with Crippen LogP contribution in [-0.4, -0.2) is 11.0 Å². The number of nitrogens with one attached hydrogen (secondary N) is 1. The van der Waals surface area contributed by atoms with Gasteiger partial charge < -0.3 is 5.32 Å². The number of pyridine rings is 1. The molecular formula is C16H18N2. The van der Waals surface area contributed by atoms with Crippen LogP contribution in [-0.2, 0) is 0 Å². The first-order valence-corrected chi connectivity index (χ1v) is 6.56. The van der Waals surface area contributed by atoms with E-state index < -0.39 is 0 Å². The van der Waals surface area contributed by atoms with E-state index in [2.05, 4.69) is 54.5 Å². The summed E-state index contributed by atoms with van der Waals surface area (Å²) in [6, 6.07) is 8.81. The molecule has 18 heavy (non-hydrogen) atoms. The third kappa shape index (κ3) is 1.99. The molecule has 2 heterocycles. The Kier molecular flexibility index (Phi) is 2.78. The fourth-order valence-electron chi connectivity index (χ4n) is 2.55. The van der Waals surface area contributed by atoms with Gasteiger partial charge in [-0.05, 0) is 24.0 Å². The fraction of sp³-hybridized carbons (Fsp3) is 0.312. The molecule has 1 N–H and O–H groups in total. The van der Waals surface area contributed by atoms with Gasteiger partial charge in [-0.1, -0.05) is 44.2 Å². The summed E-state index contributed by atoms with van der Waals surface area (Å²) in [6.45, 7) is 4.51. The van der Waals surface area contributed by atoms with Crippen molar-refractivity contribution in [2.45, 2.75) is 26.3 Å². The normalized spacial score (nSPS) is 17.8. The van der Waals surface area contributed by atoms with Crippen LogP contribution < -0.4 is 5.32 Å². The second kappa shape index (κ2) is 4.45. The van der Waals surface area contributed by atoms with Crippen molar-refractivity contribution < 1.29 is 0 Å². The lowest BCUT2D eigenvalue weighted by molar-refractivity contribution is 0.563. The molecule has 2 nitrogen and oxygen atoms in total. The number of nitrogens with zero attached hydrogens (tertiary/aromatic N) is 1. The topological polar surface area (TPSA) is 24.9 Å². The Hall–Kier alpha value is -1.83. The van der Waals surface area contributed by atoms with E-state index in [1.807, 2.05) is 12.3 Å². The summed E-state index contributed by atoms with van der Waals surface area (Å²) in [5.41, 5.74) is 3.50. The molecule has 3 rings (SSSR count). The minimum Gasteiger partial charge on any atom is -0.377 e. The van der Waals surface area contributed by atoms with Gasteiger partial charge in [0.1, 0.15) is 0 Å². The molecule has 0 spiro atoms. The first kappa shape index (κ1) is 11.3. The van der Waals surface area contributed by atoms with E-state index in [0.29, 0.717) is 12.0 Å². The van der Waals surface area contributed by atoms with Gasteiger partial charge in [-0.2, -0.15) is 0 Å². The van der Waals surface area contributed by atoms with Crippen molar-refractivity contribution in [1.29, 1.82) is 0 Å². The molecule has 0 bridgehead atoms. The molecule has 1 aliphatic rings. The van der Waals surface area contributed by atoms with E-state index in [1.54, 1.807) is 0 Å². The number of fused-ring (bicyclic) bond motifs is 3. The van der Waals surface area contributed by atoms with Gasteiger partial charge in [0.05, 0.1) is 11.2 Å². The minimum atomic E-state index is 0.421. The van der Waals surface area contributed by atoms with Gasteiger partial charge in [0.25, 0.3) is 0 Å². The Morgan fingerprint density at radius 1 is 1.28 bits per heavy atom. The lowest BCUT2D eigenvalue weighted by atomic mass is 9.97.